The Balaban J connectivity index is 1.78. The van der Waals surface area contributed by atoms with Gasteiger partial charge in [0.25, 0.3) is 0 Å². The van der Waals surface area contributed by atoms with E-state index >= 15 is 0 Å². The van der Waals surface area contributed by atoms with Gasteiger partial charge >= 0.3 is 12.0 Å². The summed E-state index contributed by atoms with van der Waals surface area (Å²) >= 11 is 0. The van der Waals surface area contributed by atoms with Crippen molar-refractivity contribution < 1.29 is 19.8 Å². The second-order valence-electron chi connectivity index (χ2n) is 5.51. The monoisotopic (exact) mass is 270 g/mol. The second-order valence-corrected chi connectivity index (χ2v) is 5.51. The average Bonchev–Trinajstić information content (AvgIpc) is 2.77. The molecular weight excluding hydrogens is 248 g/mol. The van der Waals surface area contributed by atoms with Gasteiger partial charge in [-0.3, -0.25) is 4.79 Å². The van der Waals surface area contributed by atoms with Crippen molar-refractivity contribution in [3.8, 4) is 0 Å². The standard InChI is InChI=1S/C13H22N2O4/c16-6-2-4-11-3-1-5-15(11)13(19)14-8-10(9-14)7-12(17)18/h10-11,16H,1-9H2,(H,17,18). The number of hydrogen-bond donors (Lipinski definition) is 2. The number of carbonyl (C=O) groups is 2. The molecule has 1 atom stereocenters. The van der Waals surface area contributed by atoms with Crippen molar-refractivity contribution >= 4 is 12.0 Å². The van der Waals surface area contributed by atoms with E-state index < -0.39 is 5.97 Å². The van der Waals surface area contributed by atoms with Crippen molar-refractivity contribution in [3.05, 3.63) is 0 Å². The topological polar surface area (TPSA) is 81.1 Å². The van der Waals surface area contributed by atoms with E-state index in [4.69, 9.17) is 10.2 Å². The van der Waals surface area contributed by atoms with E-state index in [-0.39, 0.29) is 31.0 Å². The predicted molar refractivity (Wildman–Crippen MR) is 68.8 cm³/mol. The van der Waals surface area contributed by atoms with Crippen molar-refractivity contribution in [2.24, 2.45) is 5.92 Å². The highest BCUT2D eigenvalue weighted by molar-refractivity contribution is 5.76. The average molecular weight is 270 g/mol. The maximum atomic E-state index is 12.3. The minimum atomic E-state index is -0.793. The van der Waals surface area contributed by atoms with Crippen molar-refractivity contribution in [3.63, 3.8) is 0 Å². The molecule has 2 saturated heterocycles. The number of carboxylic acids is 1. The third kappa shape index (κ3) is 3.37. The first-order chi connectivity index (χ1) is 9.11. The summed E-state index contributed by atoms with van der Waals surface area (Å²) in [4.78, 5) is 26.5. The molecule has 6 heteroatoms. The number of rotatable bonds is 5. The highest BCUT2D eigenvalue weighted by atomic mass is 16.4. The zero-order valence-corrected chi connectivity index (χ0v) is 11.1. The highest BCUT2D eigenvalue weighted by Crippen LogP contribution is 2.26. The maximum absolute atomic E-state index is 12.3. The van der Waals surface area contributed by atoms with Gasteiger partial charge in [-0.05, 0) is 25.7 Å². The van der Waals surface area contributed by atoms with Crippen LogP contribution in [-0.2, 0) is 4.79 Å². The van der Waals surface area contributed by atoms with Crippen molar-refractivity contribution in [1.29, 1.82) is 0 Å². The zero-order chi connectivity index (χ0) is 13.8. The Morgan fingerprint density at radius 1 is 1.26 bits per heavy atom. The van der Waals surface area contributed by atoms with Gasteiger partial charge in [0, 0.05) is 38.2 Å². The normalized spacial score (nSPS) is 23.5. The Morgan fingerprint density at radius 2 is 2.00 bits per heavy atom. The number of likely N-dealkylation sites (tertiary alicyclic amines) is 2. The summed E-state index contributed by atoms with van der Waals surface area (Å²) in [5, 5.41) is 17.6. The SMILES string of the molecule is O=C(O)CC1CN(C(=O)N2CCCC2CCCO)C1. The lowest BCUT2D eigenvalue weighted by Crippen LogP contribution is -2.56. The minimum absolute atomic E-state index is 0.0436. The Kier molecular flexibility index (Phi) is 4.63. The van der Waals surface area contributed by atoms with Gasteiger partial charge < -0.3 is 20.0 Å². The predicted octanol–water partition coefficient (Wildman–Crippen LogP) is 0.750. The van der Waals surface area contributed by atoms with Crippen LogP contribution < -0.4 is 0 Å². The number of carboxylic acid groups (broad SMARTS) is 1. The lowest BCUT2D eigenvalue weighted by Gasteiger charge is -2.42. The van der Waals surface area contributed by atoms with Gasteiger partial charge in [0.05, 0.1) is 6.42 Å². The lowest BCUT2D eigenvalue weighted by molar-refractivity contribution is -0.139. The molecule has 0 aliphatic carbocycles. The van der Waals surface area contributed by atoms with Crippen LogP contribution in [0.4, 0.5) is 4.79 Å². The van der Waals surface area contributed by atoms with Crippen molar-refractivity contribution in [1.82, 2.24) is 9.80 Å². The van der Waals surface area contributed by atoms with Gasteiger partial charge in [-0.25, -0.2) is 4.79 Å². The van der Waals surface area contributed by atoms with E-state index in [1.807, 2.05) is 4.90 Å². The molecular formula is C13H22N2O4. The van der Waals surface area contributed by atoms with Crippen LogP contribution in [-0.4, -0.2) is 64.3 Å². The molecule has 2 aliphatic rings. The highest BCUT2D eigenvalue weighted by Gasteiger charge is 2.37. The first-order valence-electron chi connectivity index (χ1n) is 7.00. The first kappa shape index (κ1) is 14.1. The Bertz CT molecular complexity index is 342. The van der Waals surface area contributed by atoms with E-state index in [2.05, 4.69) is 0 Å². The van der Waals surface area contributed by atoms with Crippen LogP contribution in [0.1, 0.15) is 32.1 Å². The Labute approximate surface area is 113 Å². The zero-order valence-electron chi connectivity index (χ0n) is 11.1. The fourth-order valence-corrected chi connectivity index (χ4v) is 3.00. The Morgan fingerprint density at radius 3 is 2.63 bits per heavy atom. The van der Waals surface area contributed by atoms with Crippen molar-refractivity contribution in [2.45, 2.75) is 38.1 Å². The number of hydrogen-bond acceptors (Lipinski definition) is 3. The van der Waals surface area contributed by atoms with Crippen LogP contribution in [0.5, 0.6) is 0 Å². The molecule has 2 fully saturated rings. The van der Waals surface area contributed by atoms with Gasteiger partial charge in [0.1, 0.15) is 0 Å². The molecule has 0 radical (unpaired) electrons. The molecule has 19 heavy (non-hydrogen) atoms. The van der Waals surface area contributed by atoms with E-state index in [9.17, 15) is 9.59 Å². The van der Waals surface area contributed by atoms with E-state index in [1.54, 1.807) is 4.90 Å². The third-order valence-electron chi connectivity index (χ3n) is 4.01. The molecule has 2 aliphatic heterocycles. The molecule has 0 aromatic rings. The fourth-order valence-electron chi connectivity index (χ4n) is 3.00. The number of aliphatic hydroxyl groups is 1. The third-order valence-corrected chi connectivity index (χ3v) is 4.01. The lowest BCUT2D eigenvalue weighted by atomic mass is 9.97. The van der Waals surface area contributed by atoms with Gasteiger partial charge in [-0.2, -0.15) is 0 Å². The van der Waals surface area contributed by atoms with Crippen LogP contribution in [0.3, 0.4) is 0 Å². The van der Waals surface area contributed by atoms with Gasteiger partial charge in [-0.15, -0.1) is 0 Å². The van der Waals surface area contributed by atoms with E-state index in [1.165, 1.54) is 0 Å². The first-order valence-corrected chi connectivity index (χ1v) is 7.00. The molecule has 1 unspecified atom stereocenters. The molecule has 2 heterocycles. The van der Waals surface area contributed by atoms with E-state index in [0.717, 1.165) is 32.2 Å². The molecule has 2 N–H and O–H groups in total. The summed E-state index contributed by atoms with van der Waals surface area (Å²) in [5.74, 6) is -0.681. The molecule has 0 saturated carbocycles. The summed E-state index contributed by atoms with van der Waals surface area (Å²) in [6.07, 6.45) is 3.77. The number of nitrogens with zero attached hydrogens (tertiary/aromatic N) is 2. The molecule has 2 amide bonds. The molecule has 0 aromatic heterocycles. The van der Waals surface area contributed by atoms with Gasteiger partial charge in [-0.1, -0.05) is 0 Å². The minimum Gasteiger partial charge on any atom is -0.481 e. The largest absolute Gasteiger partial charge is 0.481 e. The molecule has 0 spiro atoms. The van der Waals surface area contributed by atoms with Crippen LogP contribution in [0, 0.1) is 5.92 Å². The van der Waals surface area contributed by atoms with Crippen molar-refractivity contribution in [2.75, 3.05) is 26.2 Å². The second kappa shape index (κ2) is 6.23. The van der Waals surface area contributed by atoms with Gasteiger partial charge in [0.2, 0.25) is 0 Å². The molecule has 6 nitrogen and oxygen atoms in total. The summed E-state index contributed by atoms with van der Waals surface area (Å²) in [7, 11) is 0. The quantitative estimate of drug-likeness (QED) is 0.772. The van der Waals surface area contributed by atoms with Crippen LogP contribution >= 0.6 is 0 Å². The maximum Gasteiger partial charge on any atom is 0.320 e. The number of urea groups is 1. The Hall–Kier alpha value is -1.30. The number of aliphatic carboxylic acids is 1. The van der Waals surface area contributed by atoms with E-state index in [0.29, 0.717) is 13.1 Å². The van der Waals surface area contributed by atoms with Crippen LogP contribution in [0.25, 0.3) is 0 Å². The van der Waals surface area contributed by atoms with Crippen LogP contribution in [0.2, 0.25) is 0 Å². The molecule has 0 aromatic carbocycles. The molecule has 108 valence electrons. The molecule has 0 bridgehead atoms. The number of aliphatic hydroxyl groups excluding tert-OH is 1. The molecule has 2 rings (SSSR count). The smallest absolute Gasteiger partial charge is 0.320 e. The number of amides is 2. The summed E-state index contributed by atoms with van der Waals surface area (Å²) in [6.45, 7) is 2.08. The van der Waals surface area contributed by atoms with Crippen LogP contribution in [0.15, 0.2) is 0 Å². The summed E-state index contributed by atoms with van der Waals surface area (Å²) in [6, 6.07) is 0.292. The summed E-state index contributed by atoms with van der Waals surface area (Å²) in [5.41, 5.74) is 0. The summed E-state index contributed by atoms with van der Waals surface area (Å²) < 4.78 is 0. The number of carbonyl (C=O) groups excluding carboxylic acids is 1. The van der Waals surface area contributed by atoms with Gasteiger partial charge in [0.15, 0.2) is 0 Å². The fraction of sp³-hybridized carbons (Fsp3) is 0.846.